The third-order valence-corrected chi connectivity index (χ3v) is 3.06. The van der Waals surface area contributed by atoms with Gasteiger partial charge < -0.3 is 9.84 Å². The van der Waals surface area contributed by atoms with Gasteiger partial charge in [-0.25, -0.2) is 4.39 Å². The minimum Gasteiger partial charge on any atom is -0.508 e. The maximum atomic E-state index is 13.7. The molecule has 2 nitrogen and oxygen atoms in total. The summed E-state index contributed by atoms with van der Waals surface area (Å²) in [4.78, 5) is 0. The number of halogens is 2. The highest BCUT2D eigenvalue weighted by Crippen LogP contribution is 2.22. The second kappa shape index (κ2) is 5.40. The molecule has 2 aromatic rings. The summed E-state index contributed by atoms with van der Waals surface area (Å²) in [6, 6.07) is 9.60. The number of aryl methyl sites for hydroxylation is 1. The second-order valence-corrected chi connectivity index (χ2v) is 4.88. The first-order valence-corrected chi connectivity index (χ1v) is 6.22. The smallest absolute Gasteiger partial charge is 0.131 e. The molecule has 94 valence electrons. The van der Waals surface area contributed by atoms with E-state index in [-0.39, 0.29) is 18.2 Å². The van der Waals surface area contributed by atoms with Crippen LogP contribution >= 0.6 is 15.9 Å². The molecule has 0 heterocycles. The summed E-state index contributed by atoms with van der Waals surface area (Å²) < 4.78 is 19.9. The van der Waals surface area contributed by atoms with Crippen LogP contribution in [0.2, 0.25) is 0 Å². The summed E-state index contributed by atoms with van der Waals surface area (Å²) in [6.45, 7) is 2.00. The summed E-state index contributed by atoms with van der Waals surface area (Å²) in [5.74, 6) is 0.475. The van der Waals surface area contributed by atoms with Gasteiger partial charge in [0.05, 0.1) is 0 Å². The Bertz CT molecular complexity index is 529. The van der Waals surface area contributed by atoms with E-state index < -0.39 is 0 Å². The Morgan fingerprint density at radius 2 is 1.89 bits per heavy atom. The van der Waals surface area contributed by atoms with E-state index >= 15 is 0 Å². The van der Waals surface area contributed by atoms with Gasteiger partial charge in [0.15, 0.2) is 0 Å². The first-order valence-electron chi connectivity index (χ1n) is 5.42. The molecule has 4 heteroatoms. The standard InChI is InChI=1S/C14H12BrFO2/c1-9-6-10(15)7-14(16)13(9)8-18-12-4-2-11(17)3-5-12/h2-7,17H,8H2,1H3. The van der Waals surface area contributed by atoms with Gasteiger partial charge in [-0.05, 0) is 48.9 Å². The Morgan fingerprint density at radius 1 is 1.22 bits per heavy atom. The normalized spacial score (nSPS) is 10.4. The highest BCUT2D eigenvalue weighted by Gasteiger charge is 2.08. The fourth-order valence-corrected chi connectivity index (χ4v) is 2.16. The maximum Gasteiger partial charge on any atom is 0.131 e. The summed E-state index contributed by atoms with van der Waals surface area (Å²) >= 11 is 3.24. The fourth-order valence-electron chi connectivity index (χ4n) is 1.61. The van der Waals surface area contributed by atoms with Gasteiger partial charge in [0, 0.05) is 10.0 Å². The molecule has 0 spiro atoms. The van der Waals surface area contributed by atoms with Gasteiger partial charge in [0.25, 0.3) is 0 Å². The second-order valence-electron chi connectivity index (χ2n) is 3.97. The van der Waals surface area contributed by atoms with Gasteiger partial charge in [-0.15, -0.1) is 0 Å². The number of hydrogen-bond acceptors (Lipinski definition) is 2. The average Bonchev–Trinajstić information content (AvgIpc) is 2.30. The lowest BCUT2D eigenvalue weighted by molar-refractivity contribution is 0.298. The molecule has 18 heavy (non-hydrogen) atoms. The summed E-state index contributed by atoms with van der Waals surface area (Å²) in [6.07, 6.45) is 0. The Labute approximate surface area is 113 Å². The van der Waals surface area contributed by atoms with E-state index in [1.54, 1.807) is 12.1 Å². The van der Waals surface area contributed by atoms with E-state index in [9.17, 15) is 4.39 Å². The van der Waals surface area contributed by atoms with Crippen molar-refractivity contribution in [2.75, 3.05) is 0 Å². The summed E-state index contributed by atoms with van der Waals surface area (Å²) in [5, 5.41) is 9.14. The minimum absolute atomic E-state index is 0.162. The van der Waals surface area contributed by atoms with Crippen molar-refractivity contribution in [3.63, 3.8) is 0 Å². The van der Waals surface area contributed by atoms with Crippen LogP contribution < -0.4 is 4.74 Å². The van der Waals surface area contributed by atoms with Crippen molar-refractivity contribution in [2.24, 2.45) is 0 Å². The largest absolute Gasteiger partial charge is 0.508 e. The molecule has 1 N–H and O–H groups in total. The molecule has 0 aliphatic rings. The van der Waals surface area contributed by atoms with Gasteiger partial charge in [0.2, 0.25) is 0 Å². The molecule has 2 rings (SSSR count). The summed E-state index contributed by atoms with van der Waals surface area (Å²) in [7, 11) is 0. The first kappa shape index (κ1) is 12.9. The van der Waals surface area contributed by atoms with Crippen molar-refractivity contribution in [3.8, 4) is 11.5 Å². The molecule has 2 aromatic carbocycles. The molecule has 0 bridgehead atoms. The van der Waals surface area contributed by atoms with Gasteiger partial charge in [-0.1, -0.05) is 15.9 Å². The quantitative estimate of drug-likeness (QED) is 0.921. The van der Waals surface area contributed by atoms with Crippen LogP contribution in [0, 0.1) is 12.7 Å². The van der Waals surface area contributed by atoms with Crippen molar-refractivity contribution < 1.29 is 14.2 Å². The topological polar surface area (TPSA) is 29.5 Å². The van der Waals surface area contributed by atoms with Gasteiger partial charge in [-0.3, -0.25) is 0 Å². The Hall–Kier alpha value is -1.55. The number of phenolic OH excluding ortho intramolecular Hbond substituents is 1. The Balaban J connectivity index is 2.13. The number of rotatable bonds is 3. The number of benzene rings is 2. The SMILES string of the molecule is Cc1cc(Br)cc(F)c1COc1ccc(O)cc1. The van der Waals surface area contributed by atoms with Gasteiger partial charge in [-0.2, -0.15) is 0 Å². The zero-order valence-electron chi connectivity index (χ0n) is 9.78. The zero-order valence-corrected chi connectivity index (χ0v) is 11.4. The average molecular weight is 311 g/mol. The van der Waals surface area contributed by atoms with E-state index in [2.05, 4.69) is 15.9 Å². The highest BCUT2D eigenvalue weighted by molar-refractivity contribution is 9.10. The Morgan fingerprint density at radius 3 is 2.50 bits per heavy atom. The maximum absolute atomic E-state index is 13.7. The molecule has 0 amide bonds. The van der Waals surface area contributed by atoms with Crippen LogP contribution in [-0.4, -0.2) is 5.11 Å². The van der Waals surface area contributed by atoms with Crippen LogP contribution in [0.5, 0.6) is 11.5 Å². The van der Waals surface area contributed by atoms with Crippen molar-refractivity contribution in [2.45, 2.75) is 13.5 Å². The molecule has 0 radical (unpaired) electrons. The molecule has 0 saturated carbocycles. The minimum atomic E-state index is -0.291. The number of aromatic hydroxyl groups is 1. The molecule has 0 unspecified atom stereocenters. The van der Waals surface area contributed by atoms with E-state index in [1.165, 1.54) is 18.2 Å². The molecule has 0 fully saturated rings. The van der Waals surface area contributed by atoms with E-state index in [4.69, 9.17) is 9.84 Å². The van der Waals surface area contributed by atoms with E-state index in [1.807, 2.05) is 13.0 Å². The number of ether oxygens (including phenoxy) is 1. The number of phenols is 1. The lowest BCUT2D eigenvalue weighted by atomic mass is 10.1. The van der Waals surface area contributed by atoms with Crippen LogP contribution in [0.4, 0.5) is 4.39 Å². The van der Waals surface area contributed by atoms with Gasteiger partial charge in [0.1, 0.15) is 23.9 Å². The van der Waals surface area contributed by atoms with E-state index in [0.717, 1.165) is 5.56 Å². The van der Waals surface area contributed by atoms with E-state index in [0.29, 0.717) is 15.8 Å². The van der Waals surface area contributed by atoms with Crippen LogP contribution in [0.1, 0.15) is 11.1 Å². The Kier molecular flexibility index (Phi) is 3.87. The lowest BCUT2D eigenvalue weighted by Crippen LogP contribution is -2.01. The van der Waals surface area contributed by atoms with Crippen LogP contribution in [0.15, 0.2) is 40.9 Å². The molecule has 0 atom stereocenters. The van der Waals surface area contributed by atoms with Crippen molar-refractivity contribution in [3.05, 3.63) is 57.8 Å². The van der Waals surface area contributed by atoms with Crippen molar-refractivity contribution in [1.29, 1.82) is 0 Å². The molecule has 0 aliphatic heterocycles. The predicted molar refractivity (Wildman–Crippen MR) is 71.3 cm³/mol. The molecule has 0 aliphatic carbocycles. The van der Waals surface area contributed by atoms with Crippen LogP contribution in [0.25, 0.3) is 0 Å². The van der Waals surface area contributed by atoms with Gasteiger partial charge >= 0.3 is 0 Å². The van der Waals surface area contributed by atoms with Crippen LogP contribution in [0.3, 0.4) is 0 Å². The third-order valence-electron chi connectivity index (χ3n) is 2.60. The molecular formula is C14H12BrFO2. The molecular weight excluding hydrogens is 299 g/mol. The highest BCUT2D eigenvalue weighted by atomic mass is 79.9. The number of hydrogen-bond donors (Lipinski definition) is 1. The summed E-state index contributed by atoms with van der Waals surface area (Å²) in [5.41, 5.74) is 1.37. The lowest BCUT2D eigenvalue weighted by Gasteiger charge is -2.10. The zero-order chi connectivity index (χ0) is 13.1. The molecule has 0 saturated heterocycles. The first-order chi connectivity index (χ1) is 8.56. The van der Waals surface area contributed by atoms with Crippen LogP contribution in [-0.2, 0) is 6.61 Å². The fraction of sp³-hybridized carbons (Fsp3) is 0.143. The predicted octanol–water partition coefficient (Wildman–Crippen LogP) is 4.18. The third kappa shape index (κ3) is 3.01. The molecule has 0 aromatic heterocycles. The monoisotopic (exact) mass is 310 g/mol. The van der Waals surface area contributed by atoms with Crippen molar-refractivity contribution >= 4 is 15.9 Å². The van der Waals surface area contributed by atoms with Crippen molar-refractivity contribution in [1.82, 2.24) is 0 Å².